The summed E-state index contributed by atoms with van der Waals surface area (Å²) in [7, 11) is 0. The molecule has 1 atom stereocenters. The Balaban J connectivity index is 2.01. The van der Waals surface area contributed by atoms with Gasteiger partial charge in [0, 0.05) is 15.6 Å². The average molecular weight is 357 g/mol. The molecule has 2 aromatic heterocycles. The van der Waals surface area contributed by atoms with Crippen LogP contribution in [0, 0.1) is 0 Å². The molecule has 0 aliphatic carbocycles. The largest absolute Gasteiger partial charge is 0.451 e. The van der Waals surface area contributed by atoms with Crippen molar-refractivity contribution >= 4 is 52.2 Å². The summed E-state index contributed by atoms with van der Waals surface area (Å²) in [4.78, 5) is 0. The number of halogens is 1. The summed E-state index contributed by atoms with van der Waals surface area (Å²) < 4.78 is 12.2. The van der Waals surface area contributed by atoms with E-state index < -0.39 is 0 Å². The van der Waals surface area contributed by atoms with Crippen LogP contribution in [0.2, 0.25) is 0 Å². The molecule has 3 aromatic rings. The molecule has 3 rings (SSSR count). The number of aromatic nitrogens is 2. The van der Waals surface area contributed by atoms with Crippen LogP contribution in [0.5, 0.6) is 0 Å². The van der Waals surface area contributed by atoms with Gasteiger partial charge in [-0.15, -0.1) is 10.2 Å². The molecule has 0 aliphatic rings. The van der Waals surface area contributed by atoms with Gasteiger partial charge in [0.15, 0.2) is 5.76 Å². The predicted molar refractivity (Wildman–Crippen MR) is 82.8 cm³/mol. The van der Waals surface area contributed by atoms with Gasteiger partial charge in [-0.05, 0) is 24.3 Å². The Morgan fingerprint density at radius 2 is 2.05 bits per heavy atom. The monoisotopic (exact) mass is 356 g/mol. The van der Waals surface area contributed by atoms with Crippen molar-refractivity contribution in [2.45, 2.75) is 5.25 Å². The molecule has 0 bridgehead atoms. The second-order valence-electron chi connectivity index (χ2n) is 3.94. The van der Waals surface area contributed by atoms with Crippen molar-refractivity contribution in [1.82, 2.24) is 10.2 Å². The lowest BCUT2D eigenvalue weighted by Crippen LogP contribution is -1.91. The van der Waals surface area contributed by atoms with Crippen LogP contribution in [-0.4, -0.2) is 16.0 Å². The molecule has 0 radical (unpaired) electrons. The van der Waals surface area contributed by atoms with Crippen LogP contribution < -0.4 is 0 Å². The van der Waals surface area contributed by atoms with E-state index in [4.69, 9.17) is 8.83 Å². The fraction of sp³-hybridized carbons (Fsp3) is 0.167. The number of rotatable bonds is 3. The van der Waals surface area contributed by atoms with Crippen molar-refractivity contribution in [3.63, 3.8) is 0 Å². The maximum atomic E-state index is 5.67. The fourth-order valence-corrected chi connectivity index (χ4v) is 2.31. The van der Waals surface area contributed by atoms with Gasteiger partial charge in [0.05, 0.1) is 5.25 Å². The summed E-state index contributed by atoms with van der Waals surface area (Å²) in [6.07, 6.45) is 0. The summed E-state index contributed by atoms with van der Waals surface area (Å²) >= 11 is 11.9. The minimum atomic E-state index is -0.178. The van der Waals surface area contributed by atoms with Crippen LogP contribution in [0.15, 0.2) is 37.6 Å². The normalized spacial score (nSPS) is 13.0. The molecular weight excluding hydrogens is 348 g/mol. The van der Waals surface area contributed by atoms with Crippen molar-refractivity contribution in [1.29, 1.82) is 0 Å². The Labute approximate surface area is 128 Å². The predicted octanol–water partition coefficient (Wildman–Crippen LogP) is 4.15. The Bertz CT molecular complexity index is 725. The molecule has 4 nitrogen and oxygen atoms in total. The summed E-state index contributed by atoms with van der Waals surface area (Å²) in [5.74, 6) is 1.86. The molecule has 19 heavy (non-hydrogen) atoms. The molecule has 0 aliphatic heterocycles. The van der Waals surface area contributed by atoms with E-state index >= 15 is 0 Å². The maximum absolute atomic E-state index is 5.67. The lowest BCUT2D eigenvalue weighted by molar-refractivity contribution is 0.491. The van der Waals surface area contributed by atoms with Crippen LogP contribution in [-0.2, 0) is 0 Å². The number of thiol groups is 2. The molecule has 0 amide bonds. The van der Waals surface area contributed by atoms with Crippen LogP contribution in [0.4, 0.5) is 0 Å². The molecule has 98 valence electrons. The molecule has 1 aromatic carbocycles. The number of fused-ring (bicyclic) bond motifs is 1. The molecule has 0 saturated carbocycles. The summed E-state index contributed by atoms with van der Waals surface area (Å²) in [5, 5.41) is 8.70. The van der Waals surface area contributed by atoms with Crippen LogP contribution in [0.3, 0.4) is 0 Å². The zero-order valence-electron chi connectivity index (χ0n) is 9.58. The highest BCUT2D eigenvalue weighted by Gasteiger charge is 2.17. The summed E-state index contributed by atoms with van der Waals surface area (Å²) in [6, 6.07) is 7.63. The summed E-state index contributed by atoms with van der Waals surface area (Å²) in [6.45, 7) is 0. The molecule has 7 heteroatoms. The van der Waals surface area contributed by atoms with E-state index in [0.717, 1.165) is 15.4 Å². The highest BCUT2D eigenvalue weighted by atomic mass is 79.9. The number of hydrogen-bond acceptors (Lipinski definition) is 6. The van der Waals surface area contributed by atoms with E-state index in [0.29, 0.717) is 23.3 Å². The third kappa shape index (κ3) is 2.54. The van der Waals surface area contributed by atoms with Crippen LogP contribution in [0.25, 0.3) is 22.6 Å². The van der Waals surface area contributed by atoms with E-state index in [-0.39, 0.29) is 5.25 Å². The molecule has 0 N–H and O–H groups in total. The first kappa shape index (κ1) is 13.1. The van der Waals surface area contributed by atoms with Gasteiger partial charge in [-0.25, -0.2) is 0 Å². The topological polar surface area (TPSA) is 52.1 Å². The van der Waals surface area contributed by atoms with Gasteiger partial charge in [0.1, 0.15) is 5.58 Å². The minimum Gasteiger partial charge on any atom is -0.451 e. The molecule has 0 spiro atoms. The second kappa shape index (κ2) is 5.22. The zero-order chi connectivity index (χ0) is 13.4. The SMILES string of the molecule is SCC(S)c1nnc(-c2cc3cc(Br)ccc3o2)o1. The van der Waals surface area contributed by atoms with Crippen molar-refractivity contribution in [2.24, 2.45) is 0 Å². The van der Waals surface area contributed by atoms with Crippen molar-refractivity contribution in [2.75, 3.05) is 5.75 Å². The number of hydrogen-bond donors (Lipinski definition) is 2. The van der Waals surface area contributed by atoms with Crippen LogP contribution in [0.1, 0.15) is 11.1 Å². The van der Waals surface area contributed by atoms with E-state index in [1.165, 1.54) is 0 Å². The lowest BCUT2D eigenvalue weighted by Gasteiger charge is -1.97. The van der Waals surface area contributed by atoms with E-state index in [2.05, 4.69) is 51.4 Å². The van der Waals surface area contributed by atoms with Gasteiger partial charge >= 0.3 is 0 Å². The van der Waals surface area contributed by atoms with Crippen LogP contribution >= 0.6 is 41.2 Å². The van der Waals surface area contributed by atoms with Gasteiger partial charge in [0.25, 0.3) is 5.89 Å². The molecule has 1 unspecified atom stereocenters. The molecule has 0 saturated heterocycles. The van der Waals surface area contributed by atoms with Crippen molar-refractivity contribution in [3.05, 3.63) is 34.6 Å². The maximum Gasteiger partial charge on any atom is 0.283 e. The smallest absolute Gasteiger partial charge is 0.283 e. The number of benzene rings is 1. The van der Waals surface area contributed by atoms with E-state index in [1.807, 2.05) is 24.3 Å². The first-order chi connectivity index (χ1) is 9.17. The standard InChI is InChI=1S/C12H9BrN2O2S2/c13-7-1-2-8-6(3-7)4-9(16-8)11-14-15-12(17-11)10(19)5-18/h1-4,10,18-19H,5H2. The van der Waals surface area contributed by atoms with Gasteiger partial charge in [-0.2, -0.15) is 25.3 Å². The van der Waals surface area contributed by atoms with Gasteiger partial charge in [0.2, 0.25) is 5.89 Å². The highest BCUT2D eigenvalue weighted by molar-refractivity contribution is 9.10. The lowest BCUT2D eigenvalue weighted by atomic mass is 10.2. The number of furan rings is 1. The third-order valence-electron chi connectivity index (χ3n) is 2.59. The molecule has 0 fully saturated rings. The Morgan fingerprint density at radius 1 is 1.21 bits per heavy atom. The second-order valence-corrected chi connectivity index (χ2v) is 5.84. The first-order valence-electron chi connectivity index (χ1n) is 5.49. The van der Waals surface area contributed by atoms with Crippen molar-refractivity contribution in [3.8, 4) is 11.7 Å². The zero-order valence-corrected chi connectivity index (χ0v) is 13.0. The molecular formula is C12H9BrN2O2S2. The fourth-order valence-electron chi connectivity index (χ4n) is 1.67. The van der Waals surface area contributed by atoms with Gasteiger partial charge in [-0.3, -0.25) is 0 Å². The van der Waals surface area contributed by atoms with Gasteiger partial charge < -0.3 is 8.83 Å². The minimum absolute atomic E-state index is 0.178. The Kier molecular flexibility index (Phi) is 3.60. The summed E-state index contributed by atoms with van der Waals surface area (Å²) in [5.41, 5.74) is 0.773. The van der Waals surface area contributed by atoms with Gasteiger partial charge in [-0.1, -0.05) is 15.9 Å². The first-order valence-corrected chi connectivity index (χ1v) is 7.43. The molecule has 2 heterocycles. The average Bonchev–Trinajstić information content (AvgIpc) is 3.03. The quantitative estimate of drug-likeness (QED) is 0.692. The Hall–Kier alpha value is -0.920. The highest BCUT2D eigenvalue weighted by Crippen LogP contribution is 2.30. The Morgan fingerprint density at radius 3 is 2.84 bits per heavy atom. The van der Waals surface area contributed by atoms with E-state index in [1.54, 1.807) is 0 Å². The number of nitrogens with zero attached hydrogens (tertiary/aromatic N) is 2. The van der Waals surface area contributed by atoms with E-state index in [9.17, 15) is 0 Å². The third-order valence-corrected chi connectivity index (χ3v) is 4.14. The van der Waals surface area contributed by atoms with Crippen molar-refractivity contribution < 1.29 is 8.83 Å².